The summed E-state index contributed by atoms with van der Waals surface area (Å²) >= 11 is 0. The number of carbonyl (C=O) groups is 3. The number of likely N-dealkylation sites (N-methyl/N-ethyl adjacent to an activating group) is 1. The summed E-state index contributed by atoms with van der Waals surface area (Å²) in [5.41, 5.74) is 2.92. The molecule has 3 aromatic rings. The summed E-state index contributed by atoms with van der Waals surface area (Å²) in [5, 5.41) is 3.85. The van der Waals surface area contributed by atoms with Gasteiger partial charge >= 0.3 is 0 Å². The largest absolute Gasteiger partial charge is 0.378 e. The van der Waals surface area contributed by atoms with Crippen LogP contribution in [0.4, 0.5) is 5.82 Å². The lowest BCUT2D eigenvalue weighted by atomic mass is 10.2. The number of anilines is 1. The van der Waals surface area contributed by atoms with E-state index in [0.29, 0.717) is 38.7 Å². The first kappa shape index (κ1) is 25.1. The molecule has 0 spiro atoms. The second-order valence-corrected chi connectivity index (χ2v) is 8.80. The molecule has 36 heavy (non-hydrogen) atoms. The molecule has 9 heteroatoms. The summed E-state index contributed by atoms with van der Waals surface area (Å²) in [6.07, 6.45) is 5.04. The van der Waals surface area contributed by atoms with Crippen molar-refractivity contribution >= 4 is 40.5 Å². The van der Waals surface area contributed by atoms with Crippen LogP contribution in [0.25, 0.3) is 17.0 Å². The number of morpholine rings is 1. The Morgan fingerprint density at radius 3 is 2.61 bits per heavy atom. The lowest BCUT2D eigenvalue weighted by molar-refractivity contribution is -0.136. The normalized spacial score (nSPS) is 13.8. The molecule has 1 N–H and O–H groups in total. The van der Waals surface area contributed by atoms with Gasteiger partial charge in [0.15, 0.2) is 0 Å². The lowest BCUT2D eigenvalue weighted by Crippen LogP contribution is -2.40. The second kappa shape index (κ2) is 11.6. The number of benzene rings is 1. The highest BCUT2D eigenvalue weighted by molar-refractivity contribution is 5.93. The van der Waals surface area contributed by atoms with Gasteiger partial charge in [-0.25, -0.2) is 4.98 Å². The third-order valence-corrected chi connectivity index (χ3v) is 6.23. The number of pyridine rings is 1. The zero-order valence-electron chi connectivity index (χ0n) is 20.6. The topological polar surface area (TPSA) is 96.8 Å². The van der Waals surface area contributed by atoms with Crippen molar-refractivity contribution in [3.8, 4) is 0 Å². The number of fused-ring (bicyclic) bond motifs is 1. The molecule has 188 valence electrons. The van der Waals surface area contributed by atoms with Crippen LogP contribution in [0.3, 0.4) is 0 Å². The minimum atomic E-state index is -0.266. The third kappa shape index (κ3) is 6.37. The maximum absolute atomic E-state index is 12.6. The highest BCUT2D eigenvalue weighted by Crippen LogP contribution is 2.19. The van der Waals surface area contributed by atoms with Crippen LogP contribution in [0.5, 0.6) is 0 Å². The summed E-state index contributed by atoms with van der Waals surface area (Å²) in [6.45, 7) is 2.70. The molecule has 0 saturated carbocycles. The van der Waals surface area contributed by atoms with E-state index in [0.717, 1.165) is 22.2 Å². The van der Waals surface area contributed by atoms with Crippen molar-refractivity contribution < 1.29 is 19.1 Å². The molecule has 1 saturated heterocycles. The van der Waals surface area contributed by atoms with Crippen LogP contribution in [0.2, 0.25) is 0 Å². The van der Waals surface area contributed by atoms with Crippen LogP contribution >= 0.6 is 0 Å². The molecular weight excluding hydrogens is 458 g/mol. The molecule has 0 unspecified atom stereocenters. The Balaban J connectivity index is 1.25. The smallest absolute Gasteiger partial charge is 0.246 e. The molecule has 1 aliphatic heterocycles. The average Bonchev–Trinajstić information content (AvgIpc) is 3.22. The minimum Gasteiger partial charge on any atom is -0.378 e. The van der Waals surface area contributed by atoms with Crippen molar-refractivity contribution in [1.29, 1.82) is 0 Å². The SMILES string of the molecule is CN(Cc1cc2ccccc2n1C)C(=O)C=Cc1ccc(NC(=O)CCC(=O)N2CCOCC2)nc1. The summed E-state index contributed by atoms with van der Waals surface area (Å²) in [7, 11) is 3.77. The van der Waals surface area contributed by atoms with Gasteiger partial charge in [0.05, 0.1) is 19.8 Å². The van der Waals surface area contributed by atoms with Gasteiger partial charge in [0.2, 0.25) is 17.7 Å². The van der Waals surface area contributed by atoms with Crippen LogP contribution in [-0.4, -0.2) is 70.4 Å². The van der Waals surface area contributed by atoms with E-state index < -0.39 is 0 Å². The standard InChI is InChI=1S/C27H31N5O4/c1-30(19-22-17-21-5-3-4-6-23(21)31(22)2)26(34)11-8-20-7-9-24(28-18-20)29-25(33)10-12-27(35)32-13-15-36-16-14-32/h3-9,11,17-18H,10,12-16,19H2,1-2H3,(H,28,29,33). The highest BCUT2D eigenvalue weighted by Gasteiger charge is 2.17. The van der Waals surface area contributed by atoms with Gasteiger partial charge in [-0.2, -0.15) is 0 Å². The first-order chi connectivity index (χ1) is 17.4. The number of nitrogens with zero attached hydrogens (tertiary/aromatic N) is 4. The predicted molar refractivity (Wildman–Crippen MR) is 138 cm³/mol. The van der Waals surface area contributed by atoms with Gasteiger partial charge in [0.25, 0.3) is 0 Å². The molecule has 3 heterocycles. The molecule has 0 bridgehead atoms. The second-order valence-electron chi connectivity index (χ2n) is 8.80. The van der Waals surface area contributed by atoms with Gasteiger partial charge in [0, 0.05) is 63.5 Å². The Bertz CT molecular complexity index is 1260. The fraction of sp³-hybridized carbons (Fsp3) is 0.333. The molecule has 4 rings (SSSR count). The predicted octanol–water partition coefficient (Wildman–Crippen LogP) is 2.82. The monoisotopic (exact) mass is 489 g/mol. The number of aromatic nitrogens is 2. The maximum Gasteiger partial charge on any atom is 0.246 e. The fourth-order valence-corrected chi connectivity index (χ4v) is 4.09. The van der Waals surface area contributed by atoms with Crippen LogP contribution in [0.1, 0.15) is 24.1 Å². The average molecular weight is 490 g/mol. The van der Waals surface area contributed by atoms with Crippen molar-refractivity contribution in [2.45, 2.75) is 19.4 Å². The number of hydrogen-bond acceptors (Lipinski definition) is 5. The van der Waals surface area contributed by atoms with E-state index in [1.807, 2.05) is 19.2 Å². The van der Waals surface area contributed by atoms with Gasteiger partial charge < -0.3 is 24.4 Å². The van der Waals surface area contributed by atoms with Gasteiger partial charge in [-0.1, -0.05) is 18.2 Å². The zero-order chi connectivity index (χ0) is 25.5. The van der Waals surface area contributed by atoms with E-state index in [4.69, 9.17) is 4.74 Å². The number of rotatable bonds is 8. The number of para-hydroxylation sites is 1. The number of amides is 3. The van der Waals surface area contributed by atoms with Crippen molar-refractivity contribution in [2.24, 2.45) is 7.05 Å². The van der Waals surface area contributed by atoms with Gasteiger partial charge in [-0.3, -0.25) is 14.4 Å². The molecule has 1 aromatic carbocycles. The molecule has 3 amide bonds. The first-order valence-corrected chi connectivity index (χ1v) is 12.0. The Hall–Kier alpha value is -3.98. The van der Waals surface area contributed by atoms with E-state index >= 15 is 0 Å². The van der Waals surface area contributed by atoms with E-state index in [1.54, 1.807) is 41.3 Å². The number of carbonyl (C=O) groups excluding carboxylic acids is 3. The maximum atomic E-state index is 12.6. The van der Waals surface area contributed by atoms with Gasteiger partial charge in [-0.05, 0) is 41.3 Å². The Morgan fingerprint density at radius 1 is 1.11 bits per heavy atom. The summed E-state index contributed by atoms with van der Waals surface area (Å²) in [4.78, 5) is 44.6. The van der Waals surface area contributed by atoms with Gasteiger partial charge in [-0.15, -0.1) is 0 Å². The first-order valence-electron chi connectivity index (χ1n) is 12.0. The summed E-state index contributed by atoms with van der Waals surface area (Å²) < 4.78 is 7.33. The molecular formula is C27H31N5O4. The molecule has 0 radical (unpaired) electrons. The molecule has 1 fully saturated rings. The highest BCUT2D eigenvalue weighted by atomic mass is 16.5. The Morgan fingerprint density at radius 2 is 1.89 bits per heavy atom. The molecule has 2 aromatic heterocycles. The number of aryl methyl sites for hydroxylation is 1. The van der Waals surface area contributed by atoms with E-state index in [-0.39, 0.29) is 30.6 Å². The molecule has 1 aliphatic rings. The van der Waals surface area contributed by atoms with Crippen molar-refractivity contribution in [3.05, 3.63) is 66.0 Å². The lowest BCUT2D eigenvalue weighted by Gasteiger charge is -2.26. The molecule has 0 aliphatic carbocycles. The Kier molecular flexibility index (Phi) is 8.12. The zero-order valence-corrected chi connectivity index (χ0v) is 20.6. The molecule has 9 nitrogen and oxygen atoms in total. The van der Waals surface area contributed by atoms with Crippen LogP contribution < -0.4 is 5.32 Å². The van der Waals surface area contributed by atoms with Crippen molar-refractivity contribution in [2.75, 3.05) is 38.7 Å². The van der Waals surface area contributed by atoms with Crippen molar-refractivity contribution in [1.82, 2.24) is 19.4 Å². The van der Waals surface area contributed by atoms with E-state index in [9.17, 15) is 14.4 Å². The Labute approximate surface area is 210 Å². The third-order valence-electron chi connectivity index (χ3n) is 6.23. The summed E-state index contributed by atoms with van der Waals surface area (Å²) in [5.74, 6) is -0.0350. The van der Waals surface area contributed by atoms with E-state index in [1.165, 1.54) is 6.08 Å². The summed E-state index contributed by atoms with van der Waals surface area (Å²) in [6, 6.07) is 13.7. The van der Waals surface area contributed by atoms with Gasteiger partial charge in [0.1, 0.15) is 5.82 Å². The minimum absolute atomic E-state index is 0.0445. The number of nitrogens with one attached hydrogen (secondary N) is 1. The van der Waals surface area contributed by atoms with Crippen LogP contribution in [-0.2, 0) is 32.7 Å². The van der Waals surface area contributed by atoms with E-state index in [2.05, 4.69) is 33.1 Å². The van der Waals surface area contributed by atoms with Crippen molar-refractivity contribution in [3.63, 3.8) is 0 Å². The molecule has 0 atom stereocenters. The van der Waals surface area contributed by atoms with Crippen LogP contribution in [0.15, 0.2) is 54.7 Å². The van der Waals surface area contributed by atoms with Crippen LogP contribution in [0, 0.1) is 0 Å². The quantitative estimate of drug-likeness (QED) is 0.491. The number of ether oxygens (including phenoxy) is 1. The number of hydrogen-bond donors (Lipinski definition) is 1. The fourth-order valence-electron chi connectivity index (χ4n) is 4.09.